The molecule has 8 heteroatoms. The summed E-state index contributed by atoms with van der Waals surface area (Å²) in [4.78, 5) is 8.76. The number of nitriles is 1. The molecule has 168 valence electrons. The average molecular weight is 437 g/mol. The van der Waals surface area contributed by atoms with E-state index in [4.69, 9.17) is 18.9 Å². The normalized spacial score (nSPS) is 26.0. The molecule has 8 nitrogen and oxygen atoms in total. The minimum Gasteiger partial charge on any atom is -0.501 e. The molecule has 0 radical (unpaired) electrons. The van der Waals surface area contributed by atoms with Crippen molar-refractivity contribution in [3.63, 3.8) is 0 Å². The number of fused-ring (bicyclic) bond motifs is 1. The highest BCUT2D eigenvalue weighted by Gasteiger charge is 2.55. The Balaban J connectivity index is 1.59. The monoisotopic (exact) mass is 436 g/mol. The zero-order chi connectivity index (χ0) is 22.7. The van der Waals surface area contributed by atoms with Crippen LogP contribution >= 0.6 is 0 Å². The molecule has 4 rings (SSSR count). The van der Waals surface area contributed by atoms with Crippen LogP contribution in [0.1, 0.15) is 44.0 Å². The number of benzene rings is 1. The maximum absolute atomic E-state index is 9.43. The molecule has 1 aromatic heterocycles. The summed E-state index contributed by atoms with van der Waals surface area (Å²) in [5, 5.41) is 12.9. The molecule has 2 aromatic rings. The number of hydrogen-bond donors (Lipinski definition) is 1. The maximum atomic E-state index is 9.43. The second-order valence-corrected chi connectivity index (χ2v) is 8.30. The Morgan fingerprint density at radius 2 is 2.03 bits per heavy atom. The van der Waals surface area contributed by atoms with Gasteiger partial charge in [-0.15, -0.1) is 0 Å². The van der Waals surface area contributed by atoms with Gasteiger partial charge in [-0.2, -0.15) is 5.26 Å². The third-order valence-corrected chi connectivity index (χ3v) is 5.60. The Hall–Kier alpha value is -3.15. The smallest absolute Gasteiger partial charge is 0.164 e. The molecule has 2 heterocycles. The summed E-state index contributed by atoms with van der Waals surface area (Å²) in [6.07, 6.45) is 4.89. The van der Waals surface area contributed by atoms with Gasteiger partial charge < -0.3 is 24.3 Å². The topological polar surface area (TPSA) is 98.5 Å². The number of anilines is 1. The van der Waals surface area contributed by atoms with E-state index in [-0.39, 0.29) is 24.4 Å². The van der Waals surface area contributed by atoms with E-state index in [0.29, 0.717) is 30.2 Å². The van der Waals surface area contributed by atoms with Gasteiger partial charge in [-0.3, -0.25) is 0 Å². The molecule has 1 N–H and O–H groups in total. The molecule has 1 saturated carbocycles. The molecule has 2 aliphatic rings. The second kappa shape index (κ2) is 9.15. The van der Waals surface area contributed by atoms with E-state index < -0.39 is 5.79 Å². The fourth-order valence-electron chi connectivity index (χ4n) is 4.20. The van der Waals surface area contributed by atoms with Crippen LogP contribution < -0.4 is 10.1 Å². The number of nitrogens with one attached hydrogen (secondary N) is 1. The first-order valence-electron chi connectivity index (χ1n) is 10.8. The van der Waals surface area contributed by atoms with Gasteiger partial charge in [0.25, 0.3) is 0 Å². The molecular weight excluding hydrogens is 408 g/mol. The van der Waals surface area contributed by atoms with Crippen LogP contribution in [0.5, 0.6) is 5.75 Å². The van der Waals surface area contributed by atoms with Crippen LogP contribution in [0.3, 0.4) is 0 Å². The number of nitrogens with zero attached hydrogens (tertiary/aromatic N) is 3. The van der Waals surface area contributed by atoms with Crippen molar-refractivity contribution >= 4 is 11.9 Å². The fourth-order valence-corrected chi connectivity index (χ4v) is 4.20. The summed E-state index contributed by atoms with van der Waals surface area (Å²) in [5.74, 6) is 0.514. The number of hydrogen-bond acceptors (Lipinski definition) is 8. The first kappa shape index (κ1) is 22.1. The third kappa shape index (κ3) is 4.54. The highest BCUT2D eigenvalue weighted by Crippen LogP contribution is 2.41. The van der Waals surface area contributed by atoms with Crippen molar-refractivity contribution in [3.8, 4) is 11.8 Å². The molecule has 32 heavy (non-hydrogen) atoms. The second-order valence-electron chi connectivity index (χ2n) is 8.30. The summed E-state index contributed by atoms with van der Waals surface area (Å²) in [6.45, 7) is 8.24. The zero-order valence-corrected chi connectivity index (χ0v) is 18.7. The predicted molar refractivity (Wildman–Crippen MR) is 119 cm³/mol. The van der Waals surface area contributed by atoms with E-state index >= 15 is 0 Å². The Bertz CT molecular complexity index is 1030. The SMILES string of the molecule is CCO/C=C\c1c(C)ncnc1N[C@@H]1C[C@H](Oc2ccccc2C#N)[C@H]2OC(C)(C)O[C@H]21. The lowest BCUT2D eigenvalue weighted by Crippen LogP contribution is -2.35. The van der Waals surface area contributed by atoms with E-state index in [1.165, 1.54) is 6.33 Å². The summed E-state index contributed by atoms with van der Waals surface area (Å²) in [6, 6.07) is 9.31. The minimum absolute atomic E-state index is 0.102. The van der Waals surface area contributed by atoms with Gasteiger partial charge in [-0.25, -0.2) is 9.97 Å². The first-order chi connectivity index (χ1) is 15.4. The predicted octanol–water partition coefficient (Wildman–Crippen LogP) is 3.82. The Labute approximate surface area is 188 Å². The van der Waals surface area contributed by atoms with Crippen molar-refractivity contribution < 1.29 is 18.9 Å². The van der Waals surface area contributed by atoms with Gasteiger partial charge in [-0.05, 0) is 45.9 Å². The number of aromatic nitrogens is 2. The zero-order valence-electron chi connectivity index (χ0n) is 18.7. The van der Waals surface area contributed by atoms with Gasteiger partial charge in [0.2, 0.25) is 0 Å². The lowest BCUT2D eigenvalue weighted by molar-refractivity contribution is -0.160. The maximum Gasteiger partial charge on any atom is 0.164 e. The fraction of sp³-hybridized carbons (Fsp3) is 0.458. The van der Waals surface area contributed by atoms with Crippen LogP contribution in [0.25, 0.3) is 6.08 Å². The lowest BCUT2D eigenvalue weighted by atomic mass is 10.1. The van der Waals surface area contributed by atoms with Crippen molar-refractivity contribution in [2.75, 3.05) is 11.9 Å². The standard InChI is InChI=1S/C24H28N4O4/c1-5-29-11-10-17-15(2)26-14-27-23(17)28-18-12-20(22-21(18)31-24(3,4)32-22)30-19-9-7-6-8-16(19)13-25/h6-11,14,18,20-22H,5,12H2,1-4H3,(H,26,27,28)/b11-10-/t18-,20+,21+,22-/m1/s1. The molecule has 1 saturated heterocycles. The molecule has 0 unspecified atom stereocenters. The minimum atomic E-state index is -0.731. The molecule has 1 aromatic carbocycles. The van der Waals surface area contributed by atoms with Crippen LogP contribution in [0.15, 0.2) is 36.9 Å². The molecular formula is C24H28N4O4. The molecule has 1 aliphatic heterocycles. The number of aryl methyl sites for hydroxylation is 1. The van der Waals surface area contributed by atoms with Gasteiger partial charge in [0.1, 0.15) is 42.3 Å². The Morgan fingerprint density at radius 1 is 1.25 bits per heavy atom. The summed E-state index contributed by atoms with van der Waals surface area (Å²) in [7, 11) is 0. The summed E-state index contributed by atoms with van der Waals surface area (Å²) in [5.41, 5.74) is 2.19. The highest BCUT2D eigenvalue weighted by atomic mass is 16.8. The molecule has 0 amide bonds. The molecule has 0 spiro atoms. The third-order valence-electron chi connectivity index (χ3n) is 5.60. The molecule has 2 fully saturated rings. The van der Waals surface area contributed by atoms with E-state index in [1.807, 2.05) is 45.9 Å². The lowest BCUT2D eigenvalue weighted by Gasteiger charge is -2.25. The largest absolute Gasteiger partial charge is 0.501 e. The molecule has 4 atom stereocenters. The van der Waals surface area contributed by atoms with Crippen LogP contribution in [0, 0.1) is 18.3 Å². The molecule has 1 aliphatic carbocycles. The quantitative estimate of drug-likeness (QED) is 0.654. The Morgan fingerprint density at radius 3 is 2.81 bits per heavy atom. The molecule has 0 bridgehead atoms. The van der Waals surface area contributed by atoms with Gasteiger partial charge in [0.15, 0.2) is 5.79 Å². The van der Waals surface area contributed by atoms with Crippen LogP contribution in [0.2, 0.25) is 0 Å². The summed E-state index contributed by atoms with van der Waals surface area (Å²) >= 11 is 0. The summed E-state index contributed by atoms with van der Waals surface area (Å²) < 4.78 is 24.1. The van der Waals surface area contributed by atoms with Crippen molar-refractivity contribution in [3.05, 3.63) is 53.7 Å². The van der Waals surface area contributed by atoms with Crippen molar-refractivity contribution in [1.82, 2.24) is 9.97 Å². The van der Waals surface area contributed by atoms with E-state index in [2.05, 4.69) is 21.4 Å². The highest BCUT2D eigenvalue weighted by molar-refractivity contribution is 5.64. The van der Waals surface area contributed by atoms with Gasteiger partial charge >= 0.3 is 0 Å². The van der Waals surface area contributed by atoms with E-state index in [1.54, 1.807) is 18.4 Å². The van der Waals surface area contributed by atoms with Crippen LogP contribution in [-0.4, -0.2) is 46.7 Å². The number of ether oxygens (including phenoxy) is 4. The number of para-hydroxylation sites is 1. The van der Waals surface area contributed by atoms with Gasteiger partial charge in [-0.1, -0.05) is 12.1 Å². The van der Waals surface area contributed by atoms with E-state index in [9.17, 15) is 5.26 Å². The van der Waals surface area contributed by atoms with Crippen molar-refractivity contribution in [2.24, 2.45) is 0 Å². The average Bonchev–Trinajstić information content (AvgIpc) is 3.24. The Kier molecular flexibility index (Phi) is 6.31. The first-order valence-corrected chi connectivity index (χ1v) is 10.8. The van der Waals surface area contributed by atoms with Crippen molar-refractivity contribution in [1.29, 1.82) is 5.26 Å². The number of rotatable bonds is 7. The van der Waals surface area contributed by atoms with Crippen LogP contribution in [-0.2, 0) is 14.2 Å². The van der Waals surface area contributed by atoms with Crippen LogP contribution in [0.4, 0.5) is 5.82 Å². The van der Waals surface area contributed by atoms with Gasteiger partial charge in [0, 0.05) is 12.0 Å². The van der Waals surface area contributed by atoms with E-state index in [0.717, 1.165) is 11.3 Å². The van der Waals surface area contributed by atoms with Crippen molar-refractivity contribution in [2.45, 2.75) is 64.3 Å². The van der Waals surface area contributed by atoms with Gasteiger partial charge in [0.05, 0.1) is 30.2 Å².